The van der Waals surface area contributed by atoms with E-state index in [1.54, 1.807) is 0 Å². The van der Waals surface area contributed by atoms with Gasteiger partial charge in [-0.3, -0.25) is 0 Å². The summed E-state index contributed by atoms with van der Waals surface area (Å²) in [4.78, 5) is 0.0224. The standard InChI is InChI=1S/C10H12F5NS/c1-3-16-8(7-6(2)4-5-17-7)9(11,12)10(13,14)15/h4-5,8,16H,3H2,1-2H3. The van der Waals surface area contributed by atoms with E-state index in [0.29, 0.717) is 5.56 Å². The molecule has 98 valence electrons. The van der Waals surface area contributed by atoms with Gasteiger partial charge in [0, 0.05) is 4.88 Å². The van der Waals surface area contributed by atoms with Gasteiger partial charge in [-0.1, -0.05) is 6.92 Å². The summed E-state index contributed by atoms with van der Waals surface area (Å²) >= 11 is 0.898. The fourth-order valence-electron chi connectivity index (χ4n) is 1.43. The Morgan fingerprint density at radius 1 is 1.29 bits per heavy atom. The van der Waals surface area contributed by atoms with Gasteiger partial charge in [-0.25, -0.2) is 0 Å². The van der Waals surface area contributed by atoms with Gasteiger partial charge in [0.15, 0.2) is 0 Å². The first kappa shape index (κ1) is 14.4. The van der Waals surface area contributed by atoms with Crippen LogP contribution in [0.25, 0.3) is 0 Å². The topological polar surface area (TPSA) is 12.0 Å². The van der Waals surface area contributed by atoms with Gasteiger partial charge in [0.2, 0.25) is 0 Å². The molecule has 0 amide bonds. The largest absolute Gasteiger partial charge is 0.455 e. The molecule has 1 nitrogen and oxygen atoms in total. The number of nitrogens with one attached hydrogen (secondary N) is 1. The number of hydrogen-bond donors (Lipinski definition) is 1. The molecule has 0 aliphatic heterocycles. The van der Waals surface area contributed by atoms with Crippen LogP contribution in [0.1, 0.15) is 23.4 Å². The Balaban J connectivity index is 3.14. The number of alkyl halides is 5. The molecule has 1 heterocycles. The number of hydrogen-bond acceptors (Lipinski definition) is 2. The second-order valence-electron chi connectivity index (χ2n) is 3.58. The molecule has 7 heteroatoms. The normalized spacial score (nSPS) is 15.0. The Morgan fingerprint density at radius 2 is 1.88 bits per heavy atom. The van der Waals surface area contributed by atoms with Crippen LogP contribution in [0.3, 0.4) is 0 Å². The monoisotopic (exact) mass is 273 g/mol. The Labute approximate surface area is 99.6 Å². The molecule has 0 aliphatic carbocycles. The smallest absolute Gasteiger partial charge is 0.304 e. The highest BCUT2D eigenvalue weighted by Crippen LogP contribution is 2.46. The van der Waals surface area contributed by atoms with Crippen molar-refractivity contribution in [3.63, 3.8) is 0 Å². The van der Waals surface area contributed by atoms with Crippen molar-refractivity contribution >= 4 is 11.3 Å². The molecular formula is C10H12F5NS. The lowest BCUT2D eigenvalue weighted by molar-refractivity contribution is -0.294. The molecular weight excluding hydrogens is 261 g/mol. The van der Waals surface area contributed by atoms with Crippen LogP contribution >= 0.6 is 11.3 Å². The Kier molecular flexibility index (Phi) is 4.14. The van der Waals surface area contributed by atoms with E-state index in [1.807, 2.05) is 0 Å². The van der Waals surface area contributed by atoms with Crippen molar-refractivity contribution in [2.24, 2.45) is 0 Å². The summed E-state index contributed by atoms with van der Waals surface area (Å²) in [7, 11) is 0. The Hall–Kier alpha value is -0.690. The van der Waals surface area contributed by atoms with Crippen LogP contribution in [0.15, 0.2) is 11.4 Å². The SMILES string of the molecule is CCNC(c1sccc1C)C(F)(F)C(F)(F)F. The summed E-state index contributed by atoms with van der Waals surface area (Å²) in [6.45, 7) is 3.04. The minimum absolute atomic E-state index is 0.0224. The van der Waals surface area contributed by atoms with Crippen LogP contribution in [-0.4, -0.2) is 18.6 Å². The Bertz CT molecular complexity index is 371. The molecule has 0 aliphatic rings. The fraction of sp³-hybridized carbons (Fsp3) is 0.600. The van der Waals surface area contributed by atoms with E-state index in [4.69, 9.17) is 0 Å². The maximum Gasteiger partial charge on any atom is 0.455 e. The molecule has 1 aromatic rings. The van der Waals surface area contributed by atoms with Crippen molar-refractivity contribution in [2.75, 3.05) is 6.54 Å². The van der Waals surface area contributed by atoms with Crippen molar-refractivity contribution in [3.8, 4) is 0 Å². The zero-order chi connectivity index (χ0) is 13.3. The Morgan fingerprint density at radius 3 is 2.24 bits per heavy atom. The quantitative estimate of drug-likeness (QED) is 0.820. The van der Waals surface area contributed by atoms with E-state index in [2.05, 4.69) is 5.32 Å². The van der Waals surface area contributed by atoms with Crippen molar-refractivity contribution < 1.29 is 22.0 Å². The van der Waals surface area contributed by atoms with Crippen LogP contribution < -0.4 is 5.32 Å². The van der Waals surface area contributed by atoms with E-state index in [9.17, 15) is 22.0 Å². The second kappa shape index (κ2) is 4.89. The summed E-state index contributed by atoms with van der Waals surface area (Å²) in [5.41, 5.74) is 0.435. The zero-order valence-electron chi connectivity index (χ0n) is 9.24. The molecule has 1 aromatic heterocycles. The highest BCUT2D eigenvalue weighted by Gasteiger charge is 2.63. The number of thiophene rings is 1. The molecule has 1 unspecified atom stereocenters. The van der Waals surface area contributed by atoms with Crippen LogP contribution in [-0.2, 0) is 0 Å². The van der Waals surface area contributed by atoms with Crippen molar-refractivity contribution in [2.45, 2.75) is 32.0 Å². The predicted molar refractivity (Wildman–Crippen MR) is 56.5 cm³/mol. The highest BCUT2D eigenvalue weighted by molar-refractivity contribution is 7.10. The first-order valence-electron chi connectivity index (χ1n) is 4.93. The maximum absolute atomic E-state index is 13.3. The third kappa shape index (κ3) is 2.77. The second-order valence-corrected chi connectivity index (χ2v) is 4.53. The van der Waals surface area contributed by atoms with Gasteiger partial charge in [0.05, 0.1) is 0 Å². The molecule has 1 atom stereocenters. The van der Waals surface area contributed by atoms with Crippen LogP contribution in [0.2, 0.25) is 0 Å². The van der Waals surface area contributed by atoms with Gasteiger partial charge in [0.1, 0.15) is 6.04 Å². The molecule has 0 fully saturated rings. The average molecular weight is 273 g/mol. The van der Waals surface area contributed by atoms with E-state index in [-0.39, 0.29) is 11.4 Å². The summed E-state index contributed by atoms with van der Waals surface area (Å²) in [5, 5.41) is 3.71. The minimum atomic E-state index is -5.56. The first-order valence-corrected chi connectivity index (χ1v) is 5.81. The summed E-state index contributed by atoms with van der Waals surface area (Å²) in [6.07, 6.45) is -5.56. The molecule has 0 bridgehead atoms. The van der Waals surface area contributed by atoms with Gasteiger partial charge in [0.25, 0.3) is 0 Å². The number of rotatable bonds is 4. The number of halogens is 5. The molecule has 1 rings (SSSR count). The summed E-state index contributed by atoms with van der Waals surface area (Å²) < 4.78 is 63.7. The molecule has 0 saturated carbocycles. The van der Waals surface area contributed by atoms with Gasteiger partial charge < -0.3 is 5.32 Å². The fourth-order valence-corrected chi connectivity index (χ4v) is 2.47. The lowest BCUT2D eigenvalue weighted by Gasteiger charge is -2.29. The lowest BCUT2D eigenvalue weighted by atomic mass is 10.0. The van der Waals surface area contributed by atoms with E-state index >= 15 is 0 Å². The van der Waals surface area contributed by atoms with E-state index < -0.39 is 18.1 Å². The first-order chi connectivity index (χ1) is 7.71. The molecule has 0 saturated heterocycles. The molecule has 17 heavy (non-hydrogen) atoms. The van der Waals surface area contributed by atoms with Gasteiger partial charge >= 0.3 is 12.1 Å². The molecule has 0 radical (unpaired) electrons. The molecule has 1 N–H and O–H groups in total. The lowest BCUT2D eigenvalue weighted by Crippen LogP contribution is -2.47. The molecule has 0 aromatic carbocycles. The zero-order valence-corrected chi connectivity index (χ0v) is 10.1. The predicted octanol–water partition coefficient (Wildman–Crippen LogP) is 3.90. The van der Waals surface area contributed by atoms with Crippen LogP contribution in [0.4, 0.5) is 22.0 Å². The summed E-state index contributed by atoms with van der Waals surface area (Å²) in [5.74, 6) is -4.78. The number of aryl methyl sites for hydroxylation is 1. The van der Waals surface area contributed by atoms with E-state index in [0.717, 1.165) is 11.3 Å². The third-order valence-electron chi connectivity index (χ3n) is 2.31. The summed E-state index contributed by atoms with van der Waals surface area (Å²) in [6, 6.07) is -0.496. The van der Waals surface area contributed by atoms with Crippen LogP contribution in [0.5, 0.6) is 0 Å². The maximum atomic E-state index is 13.3. The third-order valence-corrected chi connectivity index (χ3v) is 3.40. The molecule has 0 spiro atoms. The van der Waals surface area contributed by atoms with Crippen molar-refractivity contribution in [3.05, 3.63) is 21.9 Å². The highest BCUT2D eigenvalue weighted by atomic mass is 32.1. The van der Waals surface area contributed by atoms with E-state index in [1.165, 1.54) is 25.3 Å². The van der Waals surface area contributed by atoms with Gasteiger partial charge in [-0.05, 0) is 30.5 Å². The van der Waals surface area contributed by atoms with Crippen molar-refractivity contribution in [1.29, 1.82) is 0 Å². The van der Waals surface area contributed by atoms with Gasteiger partial charge in [-0.15, -0.1) is 11.3 Å². The van der Waals surface area contributed by atoms with Crippen LogP contribution in [0, 0.1) is 6.92 Å². The van der Waals surface area contributed by atoms with Gasteiger partial charge in [-0.2, -0.15) is 22.0 Å². The average Bonchev–Trinajstić information content (AvgIpc) is 2.58. The minimum Gasteiger partial charge on any atom is -0.304 e. The van der Waals surface area contributed by atoms with Crippen molar-refractivity contribution in [1.82, 2.24) is 5.32 Å².